The maximum absolute atomic E-state index is 13.6. The molecule has 0 saturated heterocycles. The highest BCUT2D eigenvalue weighted by Crippen LogP contribution is 2.41. The van der Waals surface area contributed by atoms with Crippen molar-refractivity contribution in [2.24, 2.45) is 5.92 Å². The summed E-state index contributed by atoms with van der Waals surface area (Å²) in [4.78, 5) is 49.6. The number of amides is 2. The quantitative estimate of drug-likeness (QED) is 0.204. The summed E-state index contributed by atoms with van der Waals surface area (Å²) >= 11 is 5.98. The Balaban J connectivity index is 2.60. The summed E-state index contributed by atoms with van der Waals surface area (Å²) in [6.45, 7) is 4.92. The van der Waals surface area contributed by atoms with Crippen LogP contribution in [0.5, 0.6) is 0 Å². The third-order valence-electron chi connectivity index (χ3n) is 5.43. The highest BCUT2D eigenvalue weighted by molar-refractivity contribution is 14.1. The van der Waals surface area contributed by atoms with E-state index in [0.717, 1.165) is 32.1 Å². The first-order valence-electron chi connectivity index (χ1n) is 10.6. The lowest BCUT2D eigenvalue weighted by molar-refractivity contribution is -0.143. The highest BCUT2D eigenvalue weighted by atomic mass is 127. The molecular weight excluding hydrogens is 769 g/mol. The lowest BCUT2D eigenvalue weighted by Crippen LogP contribution is -2.49. The zero-order valence-corrected chi connectivity index (χ0v) is 25.2. The highest BCUT2D eigenvalue weighted by Gasteiger charge is 2.44. The smallest absolute Gasteiger partial charge is 0.341 e. The number of hydrogen-bond donors (Lipinski definition) is 2. The van der Waals surface area contributed by atoms with Gasteiger partial charge in [-0.3, -0.25) is 14.4 Å². The standard InChI is InChI=1S/C22H27I3N2O6/c1-4-32-11-22(10-28,14-8-6-5-7-9-14)33-21(31)15-16(23)19(26-12(2)29)18(25)20(17(15)24)27-13(3)30/h10,14H,4-9,11H2,1-3H3,(H,26,29)(H,27,30). The average molecular weight is 796 g/mol. The van der Waals surface area contributed by atoms with Crippen LogP contribution in [0.3, 0.4) is 0 Å². The van der Waals surface area contributed by atoms with Crippen molar-refractivity contribution in [3.63, 3.8) is 0 Å². The van der Waals surface area contributed by atoms with Gasteiger partial charge in [-0.25, -0.2) is 4.79 Å². The number of halogens is 3. The van der Waals surface area contributed by atoms with Gasteiger partial charge in [0, 0.05) is 26.4 Å². The second-order valence-electron chi connectivity index (χ2n) is 7.86. The second-order valence-corrected chi connectivity index (χ2v) is 11.1. The second kappa shape index (κ2) is 13.0. The summed E-state index contributed by atoms with van der Waals surface area (Å²) in [5.74, 6) is -1.47. The van der Waals surface area contributed by atoms with Gasteiger partial charge >= 0.3 is 5.97 Å². The number of carbonyl (C=O) groups excluding carboxylic acids is 4. The van der Waals surface area contributed by atoms with E-state index in [0.29, 0.717) is 35.0 Å². The number of anilines is 2. The fourth-order valence-corrected chi connectivity index (χ4v) is 8.02. The van der Waals surface area contributed by atoms with E-state index in [9.17, 15) is 19.2 Å². The van der Waals surface area contributed by atoms with Crippen molar-refractivity contribution in [3.05, 3.63) is 16.3 Å². The summed E-state index contributed by atoms with van der Waals surface area (Å²) in [6, 6.07) is 0. The van der Waals surface area contributed by atoms with Crippen LogP contribution in [0.4, 0.5) is 11.4 Å². The molecule has 0 heterocycles. The number of esters is 1. The van der Waals surface area contributed by atoms with E-state index >= 15 is 0 Å². The van der Waals surface area contributed by atoms with Crippen LogP contribution < -0.4 is 10.6 Å². The average Bonchev–Trinajstić information content (AvgIpc) is 2.77. The SMILES string of the molecule is CCOCC(C=O)(OC(=O)c1c(I)c(NC(C)=O)c(I)c(NC(C)=O)c1I)C1CCCCC1. The van der Waals surface area contributed by atoms with E-state index in [1.54, 1.807) is 0 Å². The largest absolute Gasteiger partial charge is 0.445 e. The molecule has 2 N–H and O–H groups in total. The molecule has 1 aliphatic carbocycles. The first-order valence-corrected chi connectivity index (χ1v) is 13.8. The van der Waals surface area contributed by atoms with Gasteiger partial charge in [-0.1, -0.05) is 19.3 Å². The molecule has 0 radical (unpaired) electrons. The van der Waals surface area contributed by atoms with Crippen LogP contribution >= 0.6 is 67.8 Å². The van der Waals surface area contributed by atoms with Crippen molar-refractivity contribution < 1.29 is 28.7 Å². The summed E-state index contributed by atoms with van der Waals surface area (Å²) in [5, 5.41) is 5.48. The predicted octanol–water partition coefficient (Wildman–Crippen LogP) is 5.13. The van der Waals surface area contributed by atoms with Gasteiger partial charge in [0.25, 0.3) is 0 Å². The van der Waals surface area contributed by atoms with Gasteiger partial charge in [-0.2, -0.15) is 0 Å². The molecule has 2 rings (SSSR count). The minimum atomic E-state index is -1.40. The summed E-state index contributed by atoms with van der Waals surface area (Å²) in [6.07, 6.45) is 5.25. The molecule has 1 fully saturated rings. The minimum absolute atomic E-state index is 0.0158. The number of benzene rings is 1. The molecular formula is C22H27I3N2O6. The Morgan fingerprint density at radius 1 is 0.970 bits per heavy atom. The van der Waals surface area contributed by atoms with E-state index < -0.39 is 11.6 Å². The van der Waals surface area contributed by atoms with Crippen LogP contribution in [-0.4, -0.2) is 42.9 Å². The molecule has 1 saturated carbocycles. The molecule has 1 atom stereocenters. The molecule has 1 unspecified atom stereocenters. The summed E-state index contributed by atoms with van der Waals surface area (Å²) in [5.41, 5.74) is -0.411. The number of ether oxygens (including phenoxy) is 2. The summed E-state index contributed by atoms with van der Waals surface area (Å²) < 4.78 is 13.1. The van der Waals surface area contributed by atoms with Gasteiger partial charge in [0.05, 0.1) is 34.3 Å². The van der Waals surface area contributed by atoms with Gasteiger partial charge < -0.3 is 20.1 Å². The van der Waals surface area contributed by atoms with Gasteiger partial charge in [0.2, 0.25) is 11.8 Å². The van der Waals surface area contributed by atoms with Crippen LogP contribution in [0.25, 0.3) is 0 Å². The normalized spacial score (nSPS) is 15.9. The molecule has 0 bridgehead atoms. The number of aldehydes is 1. The van der Waals surface area contributed by atoms with Crippen LogP contribution in [-0.2, 0) is 23.9 Å². The Labute approximate surface area is 234 Å². The fourth-order valence-electron chi connectivity index (χ4n) is 3.88. The molecule has 182 valence electrons. The van der Waals surface area contributed by atoms with Crippen molar-refractivity contribution in [2.45, 2.75) is 58.5 Å². The van der Waals surface area contributed by atoms with Gasteiger partial charge in [-0.15, -0.1) is 0 Å². The third-order valence-corrected chi connectivity index (χ3v) is 8.67. The molecule has 11 heteroatoms. The Bertz CT molecular complexity index is 890. The topological polar surface area (TPSA) is 111 Å². The predicted molar refractivity (Wildman–Crippen MR) is 150 cm³/mol. The number of rotatable bonds is 9. The fraction of sp³-hybridized carbons (Fsp3) is 0.545. The third kappa shape index (κ3) is 6.99. The summed E-state index contributed by atoms with van der Waals surface area (Å²) in [7, 11) is 0. The van der Waals surface area contributed by atoms with E-state index in [2.05, 4.69) is 10.6 Å². The Hall–Kier alpha value is -0.550. The van der Waals surface area contributed by atoms with Crippen molar-refractivity contribution in [3.8, 4) is 0 Å². The van der Waals surface area contributed by atoms with E-state index in [1.165, 1.54) is 13.8 Å². The first-order chi connectivity index (χ1) is 15.6. The molecule has 0 spiro atoms. The Morgan fingerprint density at radius 3 is 1.91 bits per heavy atom. The van der Waals surface area contributed by atoms with Crippen molar-refractivity contribution >= 4 is 103 Å². The van der Waals surface area contributed by atoms with E-state index in [4.69, 9.17) is 9.47 Å². The molecule has 2 amide bonds. The Kier molecular flexibility index (Phi) is 11.3. The number of carbonyl (C=O) groups is 4. The maximum atomic E-state index is 13.6. The van der Waals surface area contributed by atoms with Gasteiger partial charge in [0.15, 0.2) is 11.9 Å². The van der Waals surface area contributed by atoms with E-state index in [-0.39, 0.29) is 29.9 Å². The lowest BCUT2D eigenvalue weighted by Gasteiger charge is -2.37. The maximum Gasteiger partial charge on any atom is 0.341 e. The van der Waals surface area contributed by atoms with Crippen LogP contribution in [0.15, 0.2) is 0 Å². The Morgan fingerprint density at radius 2 is 1.48 bits per heavy atom. The molecule has 1 aliphatic rings. The van der Waals surface area contributed by atoms with Gasteiger partial charge in [0.1, 0.15) is 0 Å². The molecule has 0 aromatic heterocycles. The zero-order chi connectivity index (χ0) is 24.8. The molecule has 33 heavy (non-hydrogen) atoms. The molecule has 0 aliphatic heterocycles. The van der Waals surface area contributed by atoms with E-state index in [1.807, 2.05) is 74.7 Å². The van der Waals surface area contributed by atoms with Crippen LogP contribution in [0, 0.1) is 16.6 Å². The molecule has 8 nitrogen and oxygen atoms in total. The molecule has 1 aromatic rings. The van der Waals surface area contributed by atoms with Gasteiger partial charge in [-0.05, 0) is 87.5 Å². The number of nitrogens with one attached hydrogen (secondary N) is 2. The minimum Gasteiger partial charge on any atom is -0.445 e. The van der Waals surface area contributed by atoms with Crippen molar-refractivity contribution in [1.82, 2.24) is 0 Å². The van der Waals surface area contributed by atoms with Crippen molar-refractivity contribution in [2.75, 3.05) is 23.8 Å². The number of hydrogen-bond acceptors (Lipinski definition) is 6. The first kappa shape index (κ1) is 28.7. The zero-order valence-electron chi connectivity index (χ0n) is 18.7. The molecule has 1 aromatic carbocycles. The monoisotopic (exact) mass is 796 g/mol. The lowest BCUT2D eigenvalue weighted by atomic mass is 9.77. The van der Waals surface area contributed by atoms with Crippen LogP contribution in [0.2, 0.25) is 0 Å². The van der Waals surface area contributed by atoms with Crippen molar-refractivity contribution in [1.29, 1.82) is 0 Å². The van der Waals surface area contributed by atoms with Crippen LogP contribution in [0.1, 0.15) is 63.2 Å².